The van der Waals surface area contributed by atoms with Crippen molar-refractivity contribution in [2.24, 2.45) is 5.92 Å². The van der Waals surface area contributed by atoms with Crippen molar-refractivity contribution in [3.05, 3.63) is 32.4 Å². The van der Waals surface area contributed by atoms with E-state index >= 15 is 0 Å². The summed E-state index contributed by atoms with van der Waals surface area (Å²) in [6.07, 6.45) is 0. The summed E-state index contributed by atoms with van der Waals surface area (Å²) in [5.41, 5.74) is 0.645. The molecule has 0 atom stereocenters. The molecule has 1 heterocycles. The molecular formula is C11H11ClINO. The Morgan fingerprint density at radius 1 is 1.53 bits per heavy atom. The summed E-state index contributed by atoms with van der Waals surface area (Å²) in [4.78, 5) is 13.9. The summed E-state index contributed by atoms with van der Waals surface area (Å²) >= 11 is 8.18. The zero-order valence-corrected chi connectivity index (χ0v) is 11.2. The van der Waals surface area contributed by atoms with Gasteiger partial charge in [0.25, 0.3) is 5.91 Å². The van der Waals surface area contributed by atoms with Gasteiger partial charge in [-0.1, -0.05) is 24.6 Å². The largest absolute Gasteiger partial charge is 0.338 e. The number of hydrogen-bond donors (Lipinski definition) is 0. The van der Waals surface area contributed by atoms with E-state index < -0.39 is 0 Å². The molecule has 0 saturated carbocycles. The molecule has 1 aliphatic heterocycles. The maximum Gasteiger partial charge on any atom is 0.256 e. The molecule has 0 unspecified atom stereocenters. The van der Waals surface area contributed by atoms with Crippen molar-refractivity contribution >= 4 is 40.1 Å². The molecule has 1 aromatic rings. The highest BCUT2D eigenvalue weighted by molar-refractivity contribution is 14.1. The lowest BCUT2D eigenvalue weighted by molar-refractivity contribution is 0.0529. The predicted octanol–water partition coefficient (Wildman–Crippen LogP) is 3.04. The van der Waals surface area contributed by atoms with Crippen LogP contribution in [-0.2, 0) is 0 Å². The minimum absolute atomic E-state index is 0.0584. The maximum atomic E-state index is 12.1. The summed E-state index contributed by atoms with van der Waals surface area (Å²) in [5, 5.41) is 0.548. The van der Waals surface area contributed by atoms with Gasteiger partial charge in [0.05, 0.1) is 10.6 Å². The molecule has 15 heavy (non-hydrogen) atoms. The number of likely N-dealkylation sites (tertiary alicyclic amines) is 1. The minimum atomic E-state index is 0.0584. The quantitative estimate of drug-likeness (QED) is 0.723. The van der Waals surface area contributed by atoms with Crippen molar-refractivity contribution in [3.63, 3.8) is 0 Å². The van der Waals surface area contributed by atoms with Gasteiger partial charge in [0.2, 0.25) is 0 Å². The van der Waals surface area contributed by atoms with Gasteiger partial charge in [0, 0.05) is 16.7 Å². The highest BCUT2D eigenvalue weighted by Gasteiger charge is 2.29. The smallest absolute Gasteiger partial charge is 0.256 e. The van der Waals surface area contributed by atoms with E-state index in [4.69, 9.17) is 11.6 Å². The van der Waals surface area contributed by atoms with E-state index in [-0.39, 0.29) is 5.91 Å². The third-order valence-corrected chi connectivity index (χ3v) is 3.74. The monoisotopic (exact) mass is 335 g/mol. The normalized spacial score (nSPS) is 16.3. The Kier molecular flexibility index (Phi) is 3.21. The zero-order valence-electron chi connectivity index (χ0n) is 8.34. The first-order valence-electron chi connectivity index (χ1n) is 4.83. The van der Waals surface area contributed by atoms with Crippen LogP contribution < -0.4 is 0 Å². The first-order valence-corrected chi connectivity index (χ1v) is 6.28. The number of amides is 1. The van der Waals surface area contributed by atoms with Gasteiger partial charge >= 0.3 is 0 Å². The van der Waals surface area contributed by atoms with E-state index in [2.05, 4.69) is 29.5 Å². The van der Waals surface area contributed by atoms with Crippen molar-refractivity contribution < 1.29 is 4.79 Å². The topological polar surface area (TPSA) is 20.3 Å². The highest BCUT2D eigenvalue weighted by Crippen LogP contribution is 2.26. The molecular weight excluding hydrogens is 324 g/mol. The molecule has 0 aromatic heterocycles. The average molecular weight is 336 g/mol. The molecule has 0 radical (unpaired) electrons. The van der Waals surface area contributed by atoms with Crippen molar-refractivity contribution in [1.29, 1.82) is 0 Å². The van der Waals surface area contributed by atoms with Crippen LogP contribution in [0, 0.1) is 9.49 Å². The van der Waals surface area contributed by atoms with Crippen LogP contribution in [-0.4, -0.2) is 23.9 Å². The van der Waals surface area contributed by atoms with Gasteiger partial charge in [-0.15, -0.1) is 0 Å². The summed E-state index contributed by atoms with van der Waals surface area (Å²) in [5.74, 6) is 0.678. The number of nitrogens with zero attached hydrogens (tertiary/aromatic N) is 1. The van der Waals surface area contributed by atoms with Gasteiger partial charge in [0.1, 0.15) is 0 Å². The van der Waals surface area contributed by atoms with Gasteiger partial charge in [0.15, 0.2) is 0 Å². The first-order chi connectivity index (χ1) is 7.09. The highest BCUT2D eigenvalue weighted by atomic mass is 127. The van der Waals surface area contributed by atoms with Crippen molar-refractivity contribution in [3.8, 4) is 0 Å². The summed E-state index contributed by atoms with van der Waals surface area (Å²) in [7, 11) is 0. The predicted molar refractivity (Wildman–Crippen MR) is 69.2 cm³/mol. The Balaban J connectivity index is 2.26. The molecule has 0 aliphatic carbocycles. The number of carbonyl (C=O) groups is 1. The Morgan fingerprint density at radius 2 is 2.20 bits per heavy atom. The Hall–Kier alpha value is -0.290. The van der Waals surface area contributed by atoms with Crippen LogP contribution in [0.25, 0.3) is 0 Å². The number of carbonyl (C=O) groups excluding carboxylic acids is 1. The molecule has 4 heteroatoms. The second-order valence-corrected chi connectivity index (χ2v) is 5.48. The number of halogens is 2. The number of hydrogen-bond acceptors (Lipinski definition) is 1. The molecule has 0 bridgehead atoms. The fourth-order valence-electron chi connectivity index (χ4n) is 1.73. The number of benzene rings is 1. The van der Waals surface area contributed by atoms with Crippen molar-refractivity contribution in [2.45, 2.75) is 6.92 Å². The van der Waals surface area contributed by atoms with Crippen LogP contribution in [0.15, 0.2) is 18.2 Å². The average Bonchev–Trinajstić information content (AvgIpc) is 2.12. The van der Waals surface area contributed by atoms with E-state index in [1.807, 2.05) is 17.0 Å². The second kappa shape index (κ2) is 4.29. The molecule has 1 aliphatic rings. The molecule has 1 amide bonds. The van der Waals surface area contributed by atoms with Gasteiger partial charge in [-0.25, -0.2) is 0 Å². The van der Waals surface area contributed by atoms with E-state index in [1.165, 1.54) is 0 Å². The Morgan fingerprint density at radius 3 is 2.73 bits per heavy atom. The van der Waals surface area contributed by atoms with Crippen molar-refractivity contribution in [1.82, 2.24) is 4.90 Å². The van der Waals surface area contributed by atoms with E-state index in [0.717, 1.165) is 16.7 Å². The van der Waals surface area contributed by atoms with Gasteiger partial charge in [-0.3, -0.25) is 4.79 Å². The Labute approximate surface area is 108 Å². The summed E-state index contributed by atoms with van der Waals surface area (Å²) in [6, 6.07) is 5.53. The van der Waals surface area contributed by atoms with Gasteiger partial charge in [-0.05, 0) is 40.6 Å². The molecule has 1 aromatic carbocycles. The molecule has 1 fully saturated rings. The van der Waals surface area contributed by atoms with Crippen LogP contribution in [0.1, 0.15) is 17.3 Å². The molecule has 1 saturated heterocycles. The second-order valence-electron chi connectivity index (χ2n) is 3.91. The van der Waals surface area contributed by atoms with Crippen LogP contribution in [0.5, 0.6) is 0 Å². The minimum Gasteiger partial charge on any atom is -0.338 e. The number of rotatable bonds is 1. The van der Waals surface area contributed by atoms with E-state index in [0.29, 0.717) is 16.5 Å². The fourth-order valence-corrected chi connectivity index (χ4v) is 2.87. The molecule has 0 spiro atoms. The standard InChI is InChI=1S/C11H11ClINO/c1-7-5-14(6-7)11(15)10-8(12)3-2-4-9(10)13/h2-4,7H,5-6H2,1H3. The van der Waals surface area contributed by atoms with Crippen LogP contribution in [0.3, 0.4) is 0 Å². The third kappa shape index (κ3) is 2.13. The van der Waals surface area contributed by atoms with Crippen LogP contribution in [0.4, 0.5) is 0 Å². The molecule has 2 rings (SSSR count). The van der Waals surface area contributed by atoms with Crippen molar-refractivity contribution in [2.75, 3.05) is 13.1 Å². The fraction of sp³-hybridized carbons (Fsp3) is 0.364. The van der Waals surface area contributed by atoms with Crippen LogP contribution >= 0.6 is 34.2 Å². The summed E-state index contributed by atoms with van der Waals surface area (Å²) < 4.78 is 0.921. The third-order valence-electron chi connectivity index (χ3n) is 2.53. The van der Waals surface area contributed by atoms with Gasteiger partial charge < -0.3 is 4.90 Å². The lowest BCUT2D eigenvalue weighted by Crippen LogP contribution is -2.48. The molecule has 80 valence electrons. The maximum absolute atomic E-state index is 12.1. The lowest BCUT2D eigenvalue weighted by Gasteiger charge is -2.37. The SMILES string of the molecule is CC1CN(C(=O)c2c(Cl)cccc2I)C1. The van der Waals surface area contributed by atoms with Crippen LogP contribution in [0.2, 0.25) is 5.02 Å². The first kappa shape index (κ1) is 11.2. The molecule has 0 N–H and O–H groups in total. The van der Waals surface area contributed by atoms with E-state index in [1.54, 1.807) is 6.07 Å². The summed E-state index contributed by atoms with van der Waals surface area (Å²) in [6.45, 7) is 3.83. The lowest BCUT2D eigenvalue weighted by atomic mass is 10.0. The molecule has 2 nitrogen and oxygen atoms in total. The van der Waals surface area contributed by atoms with Gasteiger partial charge in [-0.2, -0.15) is 0 Å². The Bertz CT molecular complexity index is 381. The van der Waals surface area contributed by atoms with E-state index in [9.17, 15) is 4.79 Å². The zero-order chi connectivity index (χ0) is 11.0.